The normalized spacial score (nSPS) is 18.8. The summed E-state index contributed by atoms with van der Waals surface area (Å²) in [6, 6.07) is 8.04. The lowest BCUT2D eigenvalue weighted by atomic mass is 10.0. The van der Waals surface area contributed by atoms with Gasteiger partial charge in [-0.15, -0.1) is 0 Å². The monoisotopic (exact) mass is 492 g/mol. The summed E-state index contributed by atoms with van der Waals surface area (Å²) in [6.45, 7) is 10.1. The average Bonchev–Trinajstić information content (AvgIpc) is 3.03. The van der Waals surface area contributed by atoms with Crippen molar-refractivity contribution in [3.63, 3.8) is 0 Å². The van der Waals surface area contributed by atoms with Gasteiger partial charge in [0.1, 0.15) is 18.8 Å². The molecule has 3 rings (SSSR count). The number of nitrogens with one attached hydrogen (secondary N) is 1. The largest absolute Gasteiger partial charge is 0.444 e. The van der Waals surface area contributed by atoms with Crippen molar-refractivity contribution in [3.05, 3.63) is 48.0 Å². The molecule has 1 heterocycles. The fourth-order valence-corrected chi connectivity index (χ4v) is 5.39. The molecule has 34 heavy (non-hydrogen) atoms. The summed E-state index contributed by atoms with van der Waals surface area (Å²) >= 11 is 0. The molecule has 1 N–H and O–H groups in total. The molecule has 184 valence electrons. The minimum absolute atomic E-state index is 0.0242. The van der Waals surface area contributed by atoms with Crippen molar-refractivity contribution >= 4 is 30.1 Å². The van der Waals surface area contributed by atoms with Crippen molar-refractivity contribution in [1.29, 1.82) is 0 Å². The van der Waals surface area contributed by atoms with Crippen molar-refractivity contribution in [1.82, 2.24) is 5.32 Å². The van der Waals surface area contributed by atoms with E-state index in [1.165, 1.54) is 17.0 Å². The fourth-order valence-electron chi connectivity index (χ4n) is 4.17. The number of anilines is 1. The molecule has 1 fully saturated rings. The van der Waals surface area contributed by atoms with Crippen LogP contribution in [0.1, 0.15) is 40.5 Å². The summed E-state index contributed by atoms with van der Waals surface area (Å²) in [4.78, 5) is 26.5. The maximum absolute atomic E-state index is 15.4. The van der Waals surface area contributed by atoms with Crippen LogP contribution < -0.4 is 15.5 Å². The second kappa shape index (κ2) is 9.49. The average molecular weight is 493 g/mol. The Kier molecular flexibility index (Phi) is 7.23. The van der Waals surface area contributed by atoms with E-state index < -0.39 is 48.5 Å². The third kappa shape index (κ3) is 5.33. The lowest BCUT2D eigenvalue weighted by molar-refractivity contribution is -0.119. The van der Waals surface area contributed by atoms with Crippen LogP contribution in [0.2, 0.25) is 0 Å². The zero-order valence-corrected chi connectivity index (χ0v) is 21.2. The first-order valence-electron chi connectivity index (χ1n) is 11.2. The summed E-state index contributed by atoms with van der Waals surface area (Å²) in [7, 11) is -2.76. The van der Waals surface area contributed by atoms with Crippen molar-refractivity contribution in [2.24, 2.45) is 0 Å². The van der Waals surface area contributed by atoms with E-state index >= 15 is 8.78 Å². The van der Waals surface area contributed by atoms with Crippen molar-refractivity contribution in [2.45, 2.75) is 58.2 Å². The van der Waals surface area contributed by atoms with E-state index in [0.717, 1.165) is 0 Å². The molecule has 0 bridgehead atoms. The van der Waals surface area contributed by atoms with E-state index in [9.17, 15) is 14.2 Å². The molecule has 0 radical (unpaired) electrons. The van der Waals surface area contributed by atoms with Crippen LogP contribution in [0.3, 0.4) is 0 Å². The number of carbonyl (C=O) groups is 2. The lowest BCUT2D eigenvalue weighted by Crippen LogP contribution is -2.44. The van der Waals surface area contributed by atoms with E-state index in [4.69, 9.17) is 4.74 Å². The Bertz CT molecular complexity index is 1160. The molecule has 2 amide bonds. The molecule has 6 nitrogen and oxygen atoms in total. The Hall–Kier alpha value is -2.73. The van der Waals surface area contributed by atoms with Gasteiger partial charge in [0, 0.05) is 16.9 Å². The first-order valence-corrected chi connectivity index (χ1v) is 13.8. The Labute approximate surface area is 199 Å². The molecule has 0 aromatic heterocycles. The van der Waals surface area contributed by atoms with Gasteiger partial charge >= 0.3 is 6.09 Å². The van der Waals surface area contributed by atoms with Gasteiger partial charge in [0.2, 0.25) is 5.91 Å². The van der Waals surface area contributed by atoms with Gasteiger partial charge in [0.05, 0.1) is 5.69 Å². The first-order chi connectivity index (χ1) is 15.7. The summed E-state index contributed by atoms with van der Waals surface area (Å²) in [6.07, 6.45) is -0.0157. The highest BCUT2D eigenvalue weighted by molar-refractivity contribution is 7.70. The summed E-state index contributed by atoms with van der Waals surface area (Å²) in [5, 5.41) is 3.00. The molecule has 2 atom stereocenters. The van der Waals surface area contributed by atoms with Crippen LogP contribution in [0, 0.1) is 11.6 Å². The maximum atomic E-state index is 15.4. The van der Waals surface area contributed by atoms with Crippen LogP contribution >= 0.6 is 7.14 Å². The number of rotatable bonds is 5. The van der Waals surface area contributed by atoms with Gasteiger partial charge in [-0.25, -0.2) is 13.6 Å². The number of hydrogen-bond acceptors (Lipinski definition) is 4. The SMILES string of the molecule is CC[C@@H]1C[C@@H](NC(=O)OC(C)(C)C)C(=O)N1c1ccc(-c2ccccc2P(C)(C)=O)c(F)c1F. The van der Waals surface area contributed by atoms with Crippen LogP contribution in [-0.2, 0) is 14.1 Å². The van der Waals surface area contributed by atoms with Crippen LogP contribution in [0.25, 0.3) is 11.1 Å². The van der Waals surface area contributed by atoms with Gasteiger partial charge < -0.3 is 19.5 Å². The molecule has 0 aliphatic carbocycles. The molecule has 2 aromatic rings. The van der Waals surface area contributed by atoms with Crippen molar-refractivity contribution in [2.75, 3.05) is 18.2 Å². The number of hydrogen-bond donors (Lipinski definition) is 1. The summed E-state index contributed by atoms with van der Waals surface area (Å²) < 4.78 is 48.6. The molecule has 0 saturated carbocycles. The van der Waals surface area contributed by atoms with Gasteiger partial charge in [0.25, 0.3) is 0 Å². The number of nitrogens with zero attached hydrogens (tertiary/aromatic N) is 1. The topological polar surface area (TPSA) is 75.7 Å². The standard InChI is InChI=1S/C25H31F2N2O4P/c1-7-15-14-18(28-24(31)33-25(2,3)4)23(30)29(15)19-13-12-17(21(26)22(19)27)16-10-8-9-11-20(16)34(5,6)32/h8-13,15,18H,7,14H2,1-6H3,(H,28,31)/t15-,18-/m1/s1. The number of benzene rings is 2. The molecule has 0 unspecified atom stereocenters. The third-order valence-corrected chi connectivity index (χ3v) is 7.22. The second-order valence-corrected chi connectivity index (χ2v) is 13.0. The molecule has 0 spiro atoms. The zero-order chi connectivity index (χ0) is 25.4. The van der Waals surface area contributed by atoms with E-state index in [1.807, 2.05) is 6.92 Å². The third-order valence-electron chi connectivity index (χ3n) is 5.67. The predicted octanol–water partition coefficient (Wildman–Crippen LogP) is 5.29. The minimum atomic E-state index is -2.76. The highest BCUT2D eigenvalue weighted by Crippen LogP contribution is 2.41. The molecule has 2 aromatic carbocycles. The van der Waals surface area contributed by atoms with Crippen LogP contribution in [0.15, 0.2) is 36.4 Å². The molecule has 1 saturated heterocycles. The summed E-state index contributed by atoms with van der Waals surface area (Å²) in [5.74, 6) is -2.82. The van der Waals surface area contributed by atoms with Gasteiger partial charge in [-0.2, -0.15) is 0 Å². The van der Waals surface area contributed by atoms with E-state index in [2.05, 4.69) is 5.32 Å². The number of halogens is 2. The number of alkyl carbamates (subject to hydrolysis) is 1. The van der Waals surface area contributed by atoms with Crippen LogP contribution in [0.5, 0.6) is 0 Å². The lowest BCUT2D eigenvalue weighted by Gasteiger charge is -2.25. The Morgan fingerprint density at radius 3 is 2.35 bits per heavy atom. The summed E-state index contributed by atoms with van der Waals surface area (Å²) in [5.41, 5.74) is -0.607. The Morgan fingerprint density at radius 1 is 1.12 bits per heavy atom. The molecule has 9 heteroatoms. The maximum Gasteiger partial charge on any atom is 0.408 e. The minimum Gasteiger partial charge on any atom is -0.444 e. The first kappa shape index (κ1) is 25.9. The smallest absolute Gasteiger partial charge is 0.408 e. The number of carbonyl (C=O) groups excluding carboxylic acids is 2. The number of ether oxygens (including phenoxy) is 1. The molecular formula is C25H31F2N2O4P. The molecule has 1 aliphatic rings. The highest BCUT2D eigenvalue weighted by atomic mass is 31.2. The van der Waals surface area contributed by atoms with Gasteiger partial charge in [-0.3, -0.25) is 4.79 Å². The van der Waals surface area contributed by atoms with Crippen LogP contribution in [-0.4, -0.2) is 43.0 Å². The Morgan fingerprint density at radius 2 is 1.76 bits per heavy atom. The zero-order valence-electron chi connectivity index (χ0n) is 20.3. The van der Waals surface area contributed by atoms with Gasteiger partial charge in [0.15, 0.2) is 11.6 Å². The number of amides is 2. The van der Waals surface area contributed by atoms with Gasteiger partial charge in [-0.05, 0) is 64.6 Å². The van der Waals surface area contributed by atoms with Gasteiger partial charge in [-0.1, -0.05) is 31.2 Å². The predicted molar refractivity (Wildman–Crippen MR) is 130 cm³/mol. The fraction of sp³-hybridized carbons (Fsp3) is 0.440. The van der Waals surface area contributed by atoms with Crippen molar-refractivity contribution in [3.8, 4) is 11.1 Å². The second-order valence-electron chi connectivity index (χ2n) is 9.83. The van der Waals surface area contributed by atoms with Crippen LogP contribution in [0.4, 0.5) is 19.3 Å². The van der Waals surface area contributed by atoms with E-state index in [1.54, 1.807) is 58.4 Å². The van der Waals surface area contributed by atoms with E-state index in [-0.39, 0.29) is 17.7 Å². The molecular weight excluding hydrogens is 461 g/mol. The molecule has 1 aliphatic heterocycles. The quantitative estimate of drug-likeness (QED) is 0.576. The van der Waals surface area contributed by atoms with Crippen molar-refractivity contribution < 1.29 is 27.7 Å². The Balaban J connectivity index is 1.97. The van der Waals surface area contributed by atoms with E-state index in [0.29, 0.717) is 17.3 Å². The highest BCUT2D eigenvalue weighted by Gasteiger charge is 2.42.